The molecule has 3 aliphatic rings. The summed E-state index contributed by atoms with van der Waals surface area (Å²) >= 11 is 0. The maximum atomic E-state index is 16.2. The Bertz CT molecular complexity index is 5310. The number of carbonyl (C=O) groups is 17. The van der Waals surface area contributed by atoms with Gasteiger partial charge in [-0.1, -0.05) is 88.3 Å². The number of hydrazine groups is 1. The van der Waals surface area contributed by atoms with E-state index in [0.29, 0.717) is 34.4 Å². The van der Waals surface area contributed by atoms with E-state index in [2.05, 4.69) is 101 Å². The number of rotatable bonds is 49. The average molecular weight is 2130 g/mol. The van der Waals surface area contributed by atoms with Crippen molar-refractivity contribution in [3.63, 3.8) is 0 Å². The van der Waals surface area contributed by atoms with Crippen LogP contribution in [-0.4, -0.2) is 305 Å². The Hall–Kier alpha value is -15.3. The molecule has 0 unspecified atom stereocenters. The van der Waals surface area contributed by atoms with Gasteiger partial charge in [-0.3, -0.25) is 104 Å². The molecule has 150 heavy (non-hydrogen) atoms. The second kappa shape index (κ2) is 64.0. The Morgan fingerprint density at radius 1 is 0.400 bits per heavy atom. The molecule has 0 aromatic heterocycles. The van der Waals surface area contributed by atoms with Crippen LogP contribution in [-0.2, 0) is 96.0 Å². The van der Waals surface area contributed by atoms with Gasteiger partial charge >= 0.3 is 6.03 Å². The molecule has 0 radical (unpaired) electrons. The molecular formula is C94H145N35O19S2. The van der Waals surface area contributed by atoms with Crippen LogP contribution < -0.4 is 153 Å². The number of unbranched alkanes of at least 4 members (excludes halogenated alkanes) is 2. The van der Waals surface area contributed by atoms with E-state index in [1.54, 1.807) is 36.4 Å². The van der Waals surface area contributed by atoms with Crippen molar-refractivity contribution in [3.8, 4) is 11.5 Å². The van der Waals surface area contributed by atoms with Gasteiger partial charge in [0.25, 0.3) is 0 Å². The zero-order valence-electron chi connectivity index (χ0n) is 83.4. The average Bonchev–Trinajstić information content (AvgIpc) is 1.09. The first-order valence-corrected chi connectivity index (χ1v) is 52.1. The van der Waals surface area contributed by atoms with E-state index in [9.17, 15) is 34.2 Å². The zero-order valence-corrected chi connectivity index (χ0v) is 85.1. The monoisotopic (exact) mass is 2130 g/mol. The second-order valence-electron chi connectivity index (χ2n) is 36.2. The van der Waals surface area contributed by atoms with Gasteiger partial charge in [0.1, 0.15) is 96.1 Å². The number of guanidine groups is 5. The number of urea groups is 1. The largest absolute Gasteiger partial charge is 0.508 e. The van der Waals surface area contributed by atoms with Crippen molar-refractivity contribution in [2.75, 3.05) is 70.4 Å². The third-order valence-electron chi connectivity index (χ3n) is 24.4. The first-order valence-electron chi connectivity index (χ1n) is 49.6. The first-order chi connectivity index (χ1) is 71.6. The number of phenolic OH excluding ortho intramolecular Hbond substituents is 2. The number of carbonyl (C=O) groups excluding carboxylic acids is 17. The number of aromatic hydroxyl groups is 2. The second-order valence-corrected chi connectivity index (χ2v) is 38.8. The van der Waals surface area contributed by atoms with E-state index < -0.39 is 246 Å². The fourth-order valence-electron chi connectivity index (χ4n) is 16.5. The van der Waals surface area contributed by atoms with Crippen LogP contribution >= 0.6 is 21.6 Å². The highest BCUT2D eigenvalue weighted by atomic mass is 33.1. The molecule has 56 heteroatoms. The van der Waals surface area contributed by atoms with Crippen LogP contribution in [0.2, 0.25) is 0 Å². The molecule has 0 spiro atoms. The van der Waals surface area contributed by atoms with Crippen LogP contribution in [0, 0.1) is 27.0 Å². The minimum atomic E-state index is -1.94. The third kappa shape index (κ3) is 43.2. The lowest BCUT2D eigenvalue weighted by molar-refractivity contribution is -0.145. The molecule has 54 nitrogen and oxygen atoms in total. The molecule has 44 N–H and O–H groups in total. The lowest BCUT2D eigenvalue weighted by atomic mass is 10.00. The SMILES string of the molecule is N=C(N)NCCC[C@H](NC(=O)[C@@H]1CSSC[C@H](NC(=O)[C@H](Cc2ccc3ccccc3c2)NC(=O)[C@H](CCCNC(=N)N)NC(=O)[C@H](CCCNC(=N)N)NN2C(=O)CCC2=O)C(=O)N[C@@H](Cc2ccc(O)cc2)C(=O)N[C@@H](CCCNC(=N)N)C(=O)N[C@@H](CCCCN)C(=O)N[C@H](CCCCN)C(=O)N2CCC[C@H]2C(=O)N[C@@H](Cc2ccc(O)cc2)C(=O)N[C@@H](CCCNC(=N)N)C(=O)N[C@@H](CCCNC(N)=O)C(=O)N1)C(N)=O. The van der Waals surface area contributed by atoms with Gasteiger partial charge in [0, 0.05) is 89.4 Å². The van der Waals surface area contributed by atoms with Gasteiger partial charge in [-0.25, -0.2) is 15.2 Å². The first kappa shape index (κ1) is 122. The van der Waals surface area contributed by atoms with Gasteiger partial charge in [0.15, 0.2) is 29.8 Å². The Labute approximate surface area is 874 Å². The van der Waals surface area contributed by atoms with Crippen LogP contribution in [0.3, 0.4) is 0 Å². The Kier molecular flexibility index (Phi) is 51.9. The van der Waals surface area contributed by atoms with Crippen LogP contribution in [0.5, 0.6) is 11.5 Å². The summed E-state index contributed by atoms with van der Waals surface area (Å²) in [7, 11) is 1.47. The Morgan fingerprint density at radius 2 is 0.793 bits per heavy atom. The minimum Gasteiger partial charge on any atom is -0.508 e. The summed E-state index contributed by atoms with van der Waals surface area (Å²) in [4.78, 5) is 254. The predicted octanol–water partition coefficient (Wildman–Crippen LogP) is -6.99. The van der Waals surface area contributed by atoms with Gasteiger partial charge < -0.3 is 162 Å². The summed E-state index contributed by atoms with van der Waals surface area (Å²) in [6, 6.07) is -0.989. The Balaban J connectivity index is 1.45. The molecule has 0 aliphatic carbocycles. The summed E-state index contributed by atoms with van der Waals surface area (Å²) < 4.78 is 0. The highest BCUT2D eigenvalue weighted by Gasteiger charge is 2.43. The topological polar surface area (TPSA) is 919 Å². The lowest BCUT2D eigenvalue weighted by Crippen LogP contribution is -2.61. The molecule has 0 bridgehead atoms. The number of phenols is 2. The number of hydrogen-bond acceptors (Lipinski definition) is 29. The van der Waals surface area contributed by atoms with Crippen molar-refractivity contribution in [2.24, 2.45) is 51.6 Å². The summed E-state index contributed by atoms with van der Waals surface area (Å²) in [5, 5.41) is 110. The maximum Gasteiger partial charge on any atom is 0.312 e. The fourth-order valence-corrected chi connectivity index (χ4v) is 18.8. The molecule has 4 aromatic rings. The number of fused-ring (bicyclic) bond motifs is 2. The predicted molar refractivity (Wildman–Crippen MR) is 560 cm³/mol. The molecule has 3 fully saturated rings. The number of amides is 18. The highest BCUT2D eigenvalue weighted by Crippen LogP contribution is 2.27. The van der Waals surface area contributed by atoms with E-state index in [-0.39, 0.29) is 204 Å². The Morgan fingerprint density at radius 3 is 1.27 bits per heavy atom. The molecule has 3 aliphatic heterocycles. The number of imide groups is 1. The summed E-state index contributed by atoms with van der Waals surface area (Å²) in [6.07, 6.45) is -2.34. The molecule has 7 rings (SSSR count). The van der Waals surface area contributed by atoms with Crippen molar-refractivity contribution in [1.29, 1.82) is 27.0 Å². The van der Waals surface area contributed by atoms with Crippen LogP contribution in [0.4, 0.5) is 4.79 Å². The highest BCUT2D eigenvalue weighted by molar-refractivity contribution is 8.76. The van der Waals surface area contributed by atoms with Crippen molar-refractivity contribution in [3.05, 3.63) is 108 Å². The molecule has 3 saturated heterocycles. The number of nitrogens with two attached hydrogens (primary N) is 9. The number of benzene rings is 4. The van der Waals surface area contributed by atoms with E-state index in [4.69, 9.17) is 78.6 Å². The molecular weight excluding hydrogens is 1990 g/mol. The van der Waals surface area contributed by atoms with Crippen molar-refractivity contribution in [1.82, 2.24) is 111 Å². The van der Waals surface area contributed by atoms with Crippen molar-refractivity contribution >= 4 is 163 Å². The van der Waals surface area contributed by atoms with Crippen LogP contribution in [0.15, 0.2) is 91.0 Å². The molecule has 822 valence electrons. The maximum absolute atomic E-state index is 16.2. The van der Waals surface area contributed by atoms with Crippen LogP contribution in [0.1, 0.15) is 158 Å². The van der Waals surface area contributed by atoms with Crippen LogP contribution in [0.25, 0.3) is 10.8 Å². The number of primary amides is 2. The molecule has 18 amide bonds. The molecule has 0 saturated carbocycles. The van der Waals surface area contributed by atoms with Gasteiger partial charge in [0.2, 0.25) is 94.5 Å². The van der Waals surface area contributed by atoms with Gasteiger partial charge in [0.05, 0.1) is 0 Å². The van der Waals surface area contributed by atoms with Gasteiger partial charge in [-0.05, 0) is 193 Å². The van der Waals surface area contributed by atoms with Crippen molar-refractivity contribution in [2.45, 2.75) is 245 Å². The van der Waals surface area contributed by atoms with Crippen molar-refractivity contribution < 1.29 is 91.7 Å². The quantitative estimate of drug-likeness (QED) is 0.00642. The van der Waals surface area contributed by atoms with Gasteiger partial charge in [-0.2, -0.15) is 0 Å². The summed E-state index contributed by atoms with van der Waals surface area (Å²) in [5.41, 5.74) is 55.2. The van der Waals surface area contributed by atoms with E-state index in [1.807, 2.05) is 6.07 Å². The zero-order chi connectivity index (χ0) is 110. The third-order valence-corrected chi connectivity index (χ3v) is 26.9. The fraction of sp³-hybridized carbons (Fsp3) is 0.532. The number of hydrogen-bond donors (Lipinski definition) is 35. The number of nitrogens with zero attached hydrogens (tertiary/aromatic N) is 2. The molecule has 3 heterocycles. The van der Waals surface area contributed by atoms with E-state index >= 15 is 57.5 Å². The standard InChI is InChI=1S/C94H145N35O19S2/c95-37-5-3-16-60-78(137)121-66(17-4-6-38-96)88(147)128-45-13-24-72(128)87(146)124-68(48-53-28-33-58(131)34-29-53)83(142)120-62(20-9-41-111-91(102)103)77(136)117-64(22-11-44-114-94(108)148)80(139)125-70(85(144)115-59(75(97)134)18-7-39-109-89(98)99)50-149-150-51-71(86(145)123-67(47-52-26-31-57(130)32-27-52)82(141)119-61(76(135)116-60)19-8-40-110-90(100)101)126-84(143)69(49-54-25-30-55-14-1-2-15-56(55)46-54)122-79(138)63(21-10-42-112-92(104)105)118-81(140)65(23-12-43-113-93(106)107)127-129-73(132)35-36-74(129)133/h1-2,14-15,25-34,46,59-72,127,130-131H,3-13,16-24,35-45,47-51,95-96H2,(H2,97,134)(H,115,144)(H,116,135)(H,117,136)(H,118,140)(H,119,141)(H,120,142)(H,121,137)(H,122,138)(H,123,145)(H,124,146)(H,125,139)(H,126,143)(H4,98,99,109)(H4,100,101,110)(H4,102,103,111)(H4,104,105,112)(H4,106,107,113)(H3,108,114,148)/t59-,60-,61-,62-,63-,64-,65-,66+,67-,68-,69-,70-,71-,72-/m0/s1. The van der Waals surface area contributed by atoms with E-state index in [0.717, 1.165) is 27.0 Å². The summed E-state index contributed by atoms with van der Waals surface area (Å²) in [5.74, 6) is -19.7. The number of nitrogens with one attached hydrogen (secondary N) is 24. The minimum absolute atomic E-state index is 0.00651. The molecule has 14 atom stereocenters. The van der Waals surface area contributed by atoms with Gasteiger partial charge in [-0.15, -0.1) is 0 Å². The lowest BCUT2D eigenvalue weighted by Gasteiger charge is -2.31. The normalized spacial score (nSPS) is 20.4. The smallest absolute Gasteiger partial charge is 0.312 e. The van der Waals surface area contributed by atoms with E-state index in [1.165, 1.54) is 53.4 Å². The molecule has 4 aromatic carbocycles. The summed E-state index contributed by atoms with van der Waals surface area (Å²) in [6.45, 7) is -0.248.